The van der Waals surface area contributed by atoms with E-state index in [2.05, 4.69) is 25.5 Å². The molecule has 2 N–H and O–H groups in total. The molecule has 0 bridgehead atoms. The molecule has 0 atom stereocenters. The Hall–Kier alpha value is -2.91. The van der Waals surface area contributed by atoms with Crippen molar-refractivity contribution < 1.29 is 19.0 Å². The maximum absolute atomic E-state index is 12.4. The van der Waals surface area contributed by atoms with Gasteiger partial charge in [0.25, 0.3) is 5.91 Å². The molecule has 28 heavy (non-hydrogen) atoms. The molecule has 9 nitrogen and oxygen atoms in total. The third-order valence-electron chi connectivity index (χ3n) is 4.39. The number of benzene rings is 1. The van der Waals surface area contributed by atoms with Crippen molar-refractivity contribution >= 4 is 17.4 Å². The highest BCUT2D eigenvalue weighted by Crippen LogP contribution is 2.30. The predicted molar refractivity (Wildman–Crippen MR) is 104 cm³/mol. The lowest BCUT2D eigenvalue weighted by Gasteiger charge is -2.26. The molecule has 1 aliphatic heterocycles. The number of rotatable bonds is 8. The number of amides is 1. The van der Waals surface area contributed by atoms with Gasteiger partial charge >= 0.3 is 0 Å². The van der Waals surface area contributed by atoms with Crippen LogP contribution in [0.5, 0.6) is 11.5 Å². The van der Waals surface area contributed by atoms with Gasteiger partial charge in [0, 0.05) is 38.3 Å². The van der Waals surface area contributed by atoms with Gasteiger partial charge in [0.2, 0.25) is 0 Å². The number of nitrogens with one attached hydrogen (secondary N) is 2. The number of carbonyl (C=O) groups excluding carboxylic acids is 1. The molecular weight excluding hydrogens is 362 g/mol. The number of methoxy groups -OCH3 is 2. The highest BCUT2D eigenvalue weighted by molar-refractivity contribution is 5.93. The summed E-state index contributed by atoms with van der Waals surface area (Å²) in [5, 5.41) is 6.04. The zero-order valence-corrected chi connectivity index (χ0v) is 16.1. The van der Waals surface area contributed by atoms with Crippen LogP contribution in [0.4, 0.5) is 11.5 Å². The van der Waals surface area contributed by atoms with Crippen LogP contribution in [-0.4, -0.2) is 74.4 Å². The lowest BCUT2D eigenvalue weighted by molar-refractivity contribution is 0.0383. The smallest absolute Gasteiger partial charge is 0.270 e. The molecule has 1 saturated heterocycles. The van der Waals surface area contributed by atoms with Crippen molar-refractivity contribution in [3.63, 3.8) is 0 Å². The summed E-state index contributed by atoms with van der Waals surface area (Å²) < 4.78 is 15.9. The molecule has 0 spiro atoms. The van der Waals surface area contributed by atoms with Crippen LogP contribution in [0.25, 0.3) is 0 Å². The number of morpholine rings is 1. The van der Waals surface area contributed by atoms with Gasteiger partial charge in [0.1, 0.15) is 29.3 Å². The Morgan fingerprint density at radius 3 is 2.75 bits per heavy atom. The van der Waals surface area contributed by atoms with Crippen LogP contribution in [-0.2, 0) is 4.74 Å². The van der Waals surface area contributed by atoms with Crippen molar-refractivity contribution in [2.45, 2.75) is 0 Å². The van der Waals surface area contributed by atoms with Gasteiger partial charge in [0.05, 0.1) is 33.1 Å². The molecule has 2 aromatic rings. The predicted octanol–water partition coefficient (Wildman–Crippen LogP) is 1.30. The Balaban J connectivity index is 1.61. The van der Waals surface area contributed by atoms with Crippen LogP contribution in [0.3, 0.4) is 0 Å². The summed E-state index contributed by atoms with van der Waals surface area (Å²) in [6.07, 6.45) is 1.35. The van der Waals surface area contributed by atoms with E-state index in [9.17, 15) is 4.79 Å². The first-order chi connectivity index (χ1) is 13.7. The number of anilines is 2. The molecule has 3 rings (SSSR count). The molecular formula is C19H25N5O4. The second-order valence-electron chi connectivity index (χ2n) is 6.19. The Labute approximate surface area is 164 Å². The highest BCUT2D eigenvalue weighted by atomic mass is 16.5. The summed E-state index contributed by atoms with van der Waals surface area (Å²) in [5.41, 5.74) is 0.973. The van der Waals surface area contributed by atoms with E-state index >= 15 is 0 Å². The second-order valence-corrected chi connectivity index (χ2v) is 6.19. The highest BCUT2D eigenvalue weighted by Gasteiger charge is 2.13. The van der Waals surface area contributed by atoms with E-state index in [1.165, 1.54) is 6.33 Å². The van der Waals surface area contributed by atoms with E-state index in [1.54, 1.807) is 38.5 Å². The fraction of sp³-hybridized carbons (Fsp3) is 0.421. The molecule has 1 aromatic heterocycles. The van der Waals surface area contributed by atoms with E-state index in [0.717, 1.165) is 32.8 Å². The van der Waals surface area contributed by atoms with Gasteiger partial charge < -0.3 is 24.8 Å². The molecule has 9 heteroatoms. The summed E-state index contributed by atoms with van der Waals surface area (Å²) in [7, 11) is 3.18. The molecule has 1 fully saturated rings. The van der Waals surface area contributed by atoms with Crippen LogP contribution < -0.4 is 20.1 Å². The van der Waals surface area contributed by atoms with Gasteiger partial charge in [-0.2, -0.15) is 0 Å². The molecule has 0 unspecified atom stereocenters. The van der Waals surface area contributed by atoms with Crippen molar-refractivity contribution in [1.82, 2.24) is 20.2 Å². The van der Waals surface area contributed by atoms with Gasteiger partial charge in [-0.1, -0.05) is 0 Å². The fourth-order valence-electron chi connectivity index (χ4n) is 2.84. The number of hydrogen-bond acceptors (Lipinski definition) is 8. The van der Waals surface area contributed by atoms with Gasteiger partial charge in [-0.3, -0.25) is 9.69 Å². The summed E-state index contributed by atoms with van der Waals surface area (Å²) in [4.78, 5) is 22.9. The van der Waals surface area contributed by atoms with Crippen molar-refractivity contribution in [2.75, 3.05) is 58.9 Å². The van der Waals surface area contributed by atoms with Crippen molar-refractivity contribution in [2.24, 2.45) is 0 Å². The van der Waals surface area contributed by atoms with Crippen LogP contribution in [0.2, 0.25) is 0 Å². The first kappa shape index (κ1) is 19.8. The first-order valence-corrected chi connectivity index (χ1v) is 9.09. The number of nitrogens with zero attached hydrogens (tertiary/aromatic N) is 3. The second kappa shape index (κ2) is 9.86. The first-order valence-electron chi connectivity index (χ1n) is 9.09. The van der Waals surface area contributed by atoms with Crippen molar-refractivity contribution in [3.8, 4) is 11.5 Å². The number of aromatic nitrogens is 2. The van der Waals surface area contributed by atoms with Gasteiger partial charge in [-0.15, -0.1) is 0 Å². The lowest BCUT2D eigenvalue weighted by atomic mass is 10.2. The van der Waals surface area contributed by atoms with Crippen LogP contribution in [0.1, 0.15) is 10.5 Å². The van der Waals surface area contributed by atoms with E-state index in [1.807, 2.05) is 0 Å². The average Bonchev–Trinajstić information content (AvgIpc) is 2.74. The topological polar surface area (TPSA) is 97.8 Å². The molecule has 1 aliphatic rings. The standard InChI is InChI=1S/C19H25N5O4/c1-26-14-3-4-17(27-2)15(11-14)23-18-12-16(21-13-22-18)19(25)20-5-6-24-7-9-28-10-8-24/h3-4,11-13H,5-10H2,1-2H3,(H,20,25)(H,21,22,23). The minimum atomic E-state index is -0.240. The fourth-order valence-corrected chi connectivity index (χ4v) is 2.84. The third kappa shape index (κ3) is 5.30. The van der Waals surface area contributed by atoms with Gasteiger partial charge in [-0.25, -0.2) is 9.97 Å². The quantitative estimate of drug-likeness (QED) is 0.700. The zero-order valence-electron chi connectivity index (χ0n) is 16.1. The minimum Gasteiger partial charge on any atom is -0.497 e. The third-order valence-corrected chi connectivity index (χ3v) is 4.39. The SMILES string of the molecule is COc1ccc(OC)c(Nc2cc(C(=O)NCCN3CCOCC3)ncn2)c1. The number of ether oxygens (including phenoxy) is 3. The number of hydrogen-bond donors (Lipinski definition) is 2. The normalized spacial score (nSPS) is 14.4. The van der Waals surface area contributed by atoms with E-state index in [-0.39, 0.29) is 5.91 Å². The Bertz CT molecular complexity index is 796. The Kier molecular flexibility index (Phi) is 6.99. The van der Waals surface area contributed by atoms with Gasteiger partial charge in [0.15, 0.2) is 0 Å². The van der Waals surface area contributed by atoms with Gasteiger partial charge in [-0.05, 0) is 12.1 Å². The lowest BCUT2D eigenvalue weighted by Crippen LogP contribution is -2.41. The summed E-state index contributed by atoms with van der Waals surface area (Å²) in [5.74, 6) is 1.56. The average molecular weight is 387 g/mol. The largest absolute Gasteiger partial charge is 0.497 e. The van der Waals surface area contributed by atoms with Crippen LogP contribution >= 0.6 is 0 Å². The molecule has 0 radical (unpaired) electrons. The summed E-state index contributed by atoms with van der Waals surface area (Å²) in [6, 6.07) is 6.99. The monoisotopic (exact) mass is 387 g/mol. The number of carbonyl (C=O) groups is 1. The summed E-state index contributed by atoms with van der Waals surface area (Å²) >= 11 is 0. The Morgan fingerprint density at radius 1 is 1.18 bits per heavy atom. The zero-order chi connectivity index (χ0) is 19.8. The van der Waals surface area contributed by atoms with Crippen molar-refractivity contribution in [1.29, 1.82) is 0 Å². The molecule has 0 saturated carbocycles. The van der Waals surface area contributed by atoms with Crippen LogP contribution in [0, 0.1) is 0 Å². The molecule has 1 aromatic carbocycles. The molecule has 0 aliphatic carbocycles. The molecule has 1 amide bonds. The molecule has 2 heterocycles. The molecule has 150 valence electrons. The maximum atomic E-state index is 12.4. The summed E-state index contributed by atoms with van der Waals surface area (Å²) in [6.45, 7) is 4.59. The van der Waals surface area contributed by atoms with Crippen molar-refractivity contribution in [3.05, 3.63) is 36.3 Å². The Morgan fingerprint density at radius 2 is 2.00 bits per heavy atom. The van der Waals surface area contributed by atoms with E-state index in [4.69, 9.17) is 14.2 Å². The maximum Gasteiger partial charge on any atom is 0.270 e. The van der Waals surface area contributed by atoms with E-state index in [0.29, 0.717) is 35.2 Å². The minimum absolute atomic E-state index is 0.240. The van der Waals surface area contributed by atoms with Crippen LogP contribution in [0.15, 0.2) is 30.6 Å². The van der Waals surface area contributed by atoms with E-state index < -0.39 is 0 Å².